The second kappa shape index (κ2) is 6.29. The van der Waals surface area contributed by atoms with E-state index in [1.807, 2.05) is 0 Å². The molecule has 8 heteroatoms. The summed E-state index contributed by atoms with van der Waals surface area (Å²) in [5.74, 6) is -0.235. The van der Waals surface area contributed by atoms with E-state index in [1.54, 1.807) is 4.31 Å². The van der Waals surface area contributed by atoms with Crippen molar-refractivity contribution in [2.24, 2.45) is 5.92 Å². The molecular weight excluding hydrogens is 300 g/mol. The van der Waals surface area contributed by atoms with Crippen LogP contribution in [0.4, 0.5) is 0 Å². The van der Waals surface area contributed by atoms with Crippen molar-refractivity contribution >= 4 is 19.9 Å². The van der Waals surface area contributed by atoms with Gasteiger partial charge in [-0.05, 0) is 44.7 Å². The van der Waals surface area contributed by atoms with Crippen molar-refractivity contribution in [1.29, 1.82) is 0 Å². The van der Waals surface area contributed by atoms with Crippen molar-refractivity contribution < 1.29 is 16.8 Å². The zero-order valence-corrected chi connectivity index (χ0v) is 13.5. The number of nitrogens with one attached hydrogen (secondary N) is 1. The second-order valence-corrected chi connectivity index (χ2v) is 10.3. The Kier molecular flexibility index (Phi) is 5.09. The number of sulfone groups is 1. The van der Waals surface area contributed by atoms with Gasteiger partial charge < -0.3 is 5.32 Å². The van der Waals surface area contributed by atoms with E-state index in [1.165, 1.54) is 0 Å². The second-order valence-electron chi connectivity index (χ2n) is 5.96. The molecule has 1 unspecified atom stereocenters. The summed E-state index contributed by atoms with van der Waals surface area (Å²) >= 11 is 0. The fourth-order valence-corrected chi connectivity index (χ4v) is 5.95. The highest BCUT2D eigenvalue weighted by molar-refractivity contribution is 7.93. The summed E-state index contributed by atoms with van der Waals surface area (Å²) in [5.41, 5.74) is 0. The lowest BCUT2D eigenvalue weighted by Crippen LogP contribution is -2.43. The third kappa shape index (κ3) is 4.98. The van der Waals surface area contributed by atoms with Gasteiger partial charge in [0.15, 0.2) is 0 Å². The fourth-order valence-electron chi connectivity index (χ4n) is 2.56. The average molecular weight is 324 g/mol. The smallest absolute Gasteiger partial charge is 0.215 e. The van der Waals surface area contributed by atoms with E-state index < -0.39 is 19.9 Å². The van der Waals surface area contributed by atoms with Crippen LogP contribution in [0.5, 0.6) is 0 Å². The molecule has 1 heterocycles. The Morgan fingerprint density at radius 1 is 1.10 bits per heavy atom. The molecule has 2 fully saturated rings. The first-order valence-electron chi connectivity index (χ1n) is 7.16. The molecular formula is C12H24N2O4S2. The van der Waals surface area contributed by atoms with Gasteiger partial charge in [0.1, 0.15) is 9.84 Å². The minimum atomic E-state index is -3.47. The Bertz CT molecular complexity index is 520. The first kappa shape index (κ1) is 16.2. The molecule has 1 saturated carbocycles. The first-order valence-corrected chi connectivity index (χ1v) is 10.8. The number of rotatable bonds is 7. The van der Waals surface area contributed by atoms with Gasteiger partial charge in [0.05, 0.1) is 11.5 Å². The third-order valence-corrected chi connectivity index (χ3v) is 6.95. The Hall–Kier alpha value is -0.180. The van der Waals surface area contributed by atoms with Crippen molar-refractivity contribution in [1.82, 2.24) is 9.62 Å². The largest absolute Gasteiger partial charge is 0.316 e. The average Bonchev–Trinajstić information content (AvgIpc) is 3.18. The van der Waals surface area contributed by atoms with Gasteiger partial charge in [-0.25, -0.2) is 16.8 Å². The van der Waals surface area contributed by atoms with E-state index >= 15 is 0 Å². The highest BCUT2D eigenvalue weighted by Crippen LogP contribution is 2.31. The maximum absolute atomic E-state index is 12.4. The van der Waals surface area contributed by atoms with E-state index in [9.17, 15) is 16.8 Å². The van der Waals surface area contributed by atoms with Crippen molar-refractivity contribution in [3.05, 3.63) is 0 Å². The standard InChI is InChI=1S/C12H24N2O4S2/c1-19(15,16)7-8-20(17,18)14(12-4-5-12)10-11-3-2-6-13-9-11/h11-13H,2-10H2,1H3. The van der Waals surface area contributed by atoms with Gasteiger partial charge in [-0.2, -0.15) is 4.31 Å². The van der Waals surface area contributed by atoms with Crippen LogP contribution in [0.1, 0.15) is 25.7 Å². The lowest BCUT2D eigenvalue weighted by molar-refractivity contribution is 0.287. The molecule has 2 aliphatic rings. The number of sulfonamides is 1. The molecule has 0 aromatic heterocycles. The third-order valence-electron chi connectivity index (χ3n) is 3.86. The van der Waals surface area contributed by atoms with E-state index in [-0.39, 0.29) is 17.5 Å². The van der Waals surface area contributed by atoms with E-state index in [4.69, 9.17) is 0 Å². The minimum Gasteiger partial charge on any atom is -0.316 e. The summed E-state index contributed by atoms with van der Waals surface area (Å²) in [7, 11) is -6.71. The molecule has 0 aromatic rings. The SMILES string of the molecule is CS(=O)(=O)CCS(=O)(=O)N(CC1CCCNC1)C1CC1. The minimum absolute atomic E-state index is 0.0986. The lowest BCUT2D eigenvalue weighted by atomic mass is 10.00. The van der Waals surface area contributed by atoms with Gasteiger partial charge in [-0.1, -0.05) is 0 Å². The van der Waals surface area contributed by atoms with Crippen LogP contribution in [-0.4, -0.2) is 64.6 Å². The summed E-state index contributed by atoms with van der Waals surface area (Å²) in [5, 5.41) is 3.29. The summed E-state index contributed by atoms with van der Waals surface area (Å²) in [6, 6.07) is 0.0986. The summed E-state index contributed by atoms with van der Waals surface area (Å²) < 4.78 is 48.7. The van der Waals surface area contributed by atoms with Crippen LogP contribution in [-0.2, 0) is 19.9 Å². The van der Waals surface area contributed by atoms with Crippen LogP contribution < -0.4 is 5.32 Å². The van der Waals surface area contributed by atoms with Gasteiger partial charge in [0.25, 0.3) is 0 Å². The van der Waals surface area contributed by atoms with Gasteiger partial charge in [0, 0.05) is 18.8 Å². The van der Waals surface area contributed by atoms with Gasteiger partial charge >= 0.3 is 0 Å². The normalized spacial score (nSPS) is 25.0. The maximum atomic E-state index is 12.4. The van der Waals surface area contributed by atoms with Crippen molar-refractivity contribution in [3.8, 4) is 0 Å². The molecule has 0 bridgehead atoms. The van der Waals surface area contributed by atoms with Crippen LogP contribution >= 0.6 is 0 Å². The molecule has 1 aliphatic heterocycles. The Labute approximate surface area is 121 Å². The van der Waals surface area contributed by atoms with Crippen LogP contribution in [0.2, 0.25) is 0 Å². The number of nitrogens with zero attached hydrogens (tertiary/aromatic N) is 1. The molecule has 1 atom stereocenters. The monoisotopic (exact) mass is 324 g/mol. The van der Waals surface area contributed by atoms with Crippen LogP contribution in [0.25, 0.3) is 0 Å². The molecule has 1 saturated heterocycles. The molecule has 0 aromatic carbocycles. The van der Waals surface area contributed by atoms with Crippen LogP contribution in [0, 0.1) is 5.92 Å². The molecule has 118 valence electrons. The summed E-state index contributed by atoms with van der Waals surface area (Å²) in [6.07, 6.45) is 5.00. The first-order chi connectivity index (χ1) is 9.28. The predicted molar refractivity (Wildman–Crippen MR) is 78.8 cm³/mol. The molecule has 2 rings (SSSR count). The zero-order chi connectivity index (χ0) is 14.8. The Morgan fingerprint density at radius 3 is 2.30 bits per heavy atom. The summed E-state index contributed by atoms with van der Waals surface area (Å²) in [6.45, 7) is 2.38. The molecule has 20 heavy (non-hydrogen) atoms. The van der Waals surface area contributed by atoms with Crippen molar-refractivity contribution in [2.45, 2.75) is 31.7 Å². The molecule has 0 amide bonds. The molecule has 1 N–H and O–H groups in total. The maximum Gasteiger partial charge on any atom is 0.215 e. The van der Waals surface area contributed by atoms with Crippen molar-refractivity contribution in [3.63, 3.8) is 0 Å². The van der Waals surface area contributed by atoms with Crippen LogP contribution in [0.3, 0.4) is 0 Å². The Balaban J connectivity index is 1.99. The molecule has 0 radical (unpaired) electrons. The van der Waals surface area contributed by atoms with Gasteiger partial charge in [-0.15, -0.1) is 0 Å². The molecule has 6 nitrogen and oxygen atoms in total. The zero-order valence-electron chi connectivity index (χ0n) is 11.9. The van der Waals surface area contributed by atoms with E-state index in [2.05, 4.69) is 5.32 Å². The fraction of sp³-hybridized carbons (Fsp3) is 1.00. The summed E-state index contributed by atoms with van der Waals surface area (Å²) in [4.78, 5) is 0. The predicted octanol–water partition coefficient (Wildman–Crippen LogP) is -0.175. The number of hydrogen-bond donors (Lipinski definition) is 1. The topological polar surface area (TPSA) is 83.5 Å². The highest BCUT2D eigenvalue weighted by Gasteiger charge is 2.38. The Morgan fingerprint density at radius 2 is 1.80 bits per heavy atom. The highest BCUT2D eigenvalue weighted by atomic mass is 32.2. The van der Waals surface area contributed by atoms with Crippen molar-refractivity contribution in [2.75, 3.05) is 37.4 Å². The van der Waals surface area contributed by atoms with Gasteiger partial charge in [-0.3, -0.25) is 0 Å². The molecule has 0 spiro atoms. The number of hydrogen-bond acceptors (Lipinski definition) is 5. The number of piperidine rings is 1. The molecule has 1 aliphatic carbocycles. The quantitative estimate of drug-likeness (QED) is 0.703. The van der Waals surface area contributed by atoms with E-state index in [0.717, 1.165) is 45.0 Å². The van der Waals surface area contributed by atoms with Crippen LogP contribution in [0.15, 0.2) is 0 Å². The lowest BCUT2D eigenvalue weighted by Gasteiger charge is -2.29. The van der Waals surface area contributed by atoms with E-state index in [0.29, 0.717) is 12.5 Å². The van der Waals surface area contributed by atoms with Gasteiger partial charge in [0.2, 0.25) is 10.0 Å².